The van der Waals surface area contributed by atoms with E-state index in [9.17, 15) is 13.6 Å². The van der Waals surface area contributed by atoms with E-state index in [4.69, 9.17) is 5.73 Å². The monoisotopic (exact) mass is 166 g/mol. The summed E-state index contributed by atoms with van der Waals surface area (Å²) in [5, 5.41) is 2.07. The Morgan fingerprint density at radius 1 is 1.45 bits per heavy atom. The third kappa shape index (κ3) is 5.72. The number of nitrogens with two attached hydrogens (primary N) is 1. The highest BCUT2D eigenvalue weighted by atomic mass is 19.3. The molecule has 0 unspecified atom stereocenters. The quantitative estimate of drug-likeness (QED) is 0.569. The van der Waals surface area contributed by atoms with Crippen LogP contribution in [0.2, 0.25) is 0 Å². The Balaban J connectivity index is 3.18. The first kappa shape index (κ1) is 10.3. The van der Waals surface area contributed by atoms with Crippen LogP contribution >= 0.6 is 0 Å². The van der Waals surface area contributed by atoms with E-state index in [1.807, 2.05) is 0 Å². The standard InChI is InChI=1S/C6H12F2N2O/c7-5(8)6(11)10-4-2-1-3-9/h5H,1-4,9H2,(H,10,11). The van der Waals surface area contributed by atoms with Crippen LogP contribution in [0.5, 0.6) is 0 Å². The van der Waals surface area contributed by atoms with E-state index in [1.165, 1.54) is 0 Å². The van der Waals surface area contributed by atoms with Gasteiger partial charge in [0.2, 0.25) is 0 Å². The summed E-state index contributed by atoms with van der Waals surface area (Å²) < 4.78 is 23.0. The third-order valence-corrected chi connectivity index (χ3v) is 1.13. The van der Waals surface area contributed by atoms with Crippen molar-refractivity contribution >= 4 is 5.91 Å². The Hall–Kier alpha value is -0.710. The van der Waals surface area contributed by atoms with E-state index in [-0.39, 0.29) is 6.54 Å². The van der Waals surface area contributed by atoms with Crippen LogP contribution in [0.3, 0.4) is 0 Å². The van der Waals surface area contributed by atoms with Crippen molar-refractivity contribution < 1.29 is 13.6 Å². The number of unbranched alkanes of at least 4 members (excludes halogenated alkanes) is 1. The number of alkyl halides is 2. The number of hydrogen-bond acceptors (Lipinski definition) is 2. The summed E-state index contributed by atoms with van der Waals surface area (Å²) in [7, 11) is 0. The smallest absolute Gasteiger partial charge is 0.315 e. The van der Waals surface area contributed by atoms with E-state index in [1.54, 1.807) is 0 Å². The average molecular weight is 166 g/mol. The zero-order valence-corrected chi connectivity index (χ0v) is 6.15. The normalized spacial score (nSPS) is 10.2. The van der Waals surface area contributed by atoms with E-state index >= 15 is 0 Å². The fourth-order valence-electron chi connectivity index (χ4n) is 0.558. The summed E-state index contributed by atoms with van der Waals surface area (Å²) in [4.78, 5) is 10.2. The number of nitrogens with one attached hydrogen (secondary N) is 1. The fourth-order valence-corrected chi connectivity index (χ4v) is 0.558. The lowest BCUT2D eigenvalue weighted by Gasteiger charge is -2.02. The zero-order valence-electron chi connectivity index (χ0n) is 6.15. The molecule has 0 radical (unpaired) electrons. The molecule has 0 aliphatic carbocycles. The number of rotatable bonds is 5. The van der Waals surface area contributed by atoms with Gasteiger partial charge < -0.3 is 11.1 Å². The summed E-state index contributed by atoms with van der Waals surface area (Å²) in [6, 6.07) is 0. The zero-order chi connectivity index (χ0) is 8.69. The van der Waals surface area contributed by atoms with Gasteiger partial charge in [-0.05, 0) is 19.4 Å². The van der Waals surface area contributed by atoms with Gasteiger partial charge in [-0.3, -0.25) is 4.79 Å². The summed E-state index contributed by atoms with van der Waals surface area (Å²) in [6.07, 6.45) is -1.52. The summed E-state index contributed by atoms with van der Waals surface area (Å²) in [6.45, 7) is 0.797. The molecule has 11 heavy (non-hydrogen) atoms. The molecule has 0 bridgehead atoms. The molecule has 3 N–H and O–H groups in total. The second-order valence-electron chi connectivity index (χ2n) is 2.09. The molecule has 0 saturated carbocycles. The number of amides is 1. The van der Waals surface area contributed by atoms with Crippen molar-refractivity contribution in [2.45, 2.75) is 19.3 Å². The number of carbonyl (C=O) groups excluding carboxylic acids is 1. The third-order valence-electron chi connectivity index (χ3n) is 1.13. The van der Waals surface area contributed by atoms with Gasteiger partial charge in [-0.2, -0.15) is 8.78 Å². The predicted molar refractivity (Wildman–Crippen MR) is 37.3 cm³/mol. The molecule has 0 rings (SSSR count). The summed E-state index contributed by atoms with van der Waals surface area (Å²) >= 11 is 0. The summed E-state index contributed by atoms with van der Waals surface area (Å²) in [5.74, 6) is -1.21. The van der Waals surface area contributed by atoms with Gasteiger partial charge in [-0.25, -0.2) is 0 Å². The largest absolute Gasteiger partial charge is 0.351 e. The average Bonchev–Trinajstić information content (AvgIpc) is 1.97. The Labute approximate surface area is 63.9 Å². The Morgan fingerprint density at radius 3 is 2.55 bits per heavy atom. The molecule has 0 heterocycles. The predicted octanol–water partition coefficient (Wildman–Crippen LogP) is 0.107. The van der Waals surface area contributed by atoms with E-state index in [2.05, 4.69) is 5.32 Å². The lowest BCUT2D eigenvalue weighted by molar-refractivity contribution is -0.131. The van der Waals surface area contributed by atoms with Crippen molar-refractivity contribution in [2.75, 3.05) is 13.1 Å². The van der Waals surface area contributed by atoms with Gasteiger partial charge in [0.05, 0.1) is 0 Å². The van der Waals surface area contributed by atoms with Gasteiger partial charge in [0.25, 0.3) is 5.91 Å². The molecule has 3 nitrogen and oxygen atoms in total. The van der Waals surface area contributed by atoms with Gasteiger partial charge in [0.1, 0.15) is 0 Å². The Morgan fingerprint density at radius 2 is 2.09 bits per heavy atom. The first-order chi connectivity index (χ1) is 5.18. The van der Waals surface area contributed by atoms with Crippen molar-refractivity contribution in [1.82, 2.24) is 5.32 Å². The second kappa shape index (κ2) is 6.03. The molecule has 1 amide bonds. The minimum atomic E-state index is -2.91. The van der Waals surface area contributed by atoms with E-state index in [0.29, 0.717) is 13.0 Å². The molecule has 5 heteroatoms. The van der Waals surface area contributed by atoms with Gasteiger partial charge in [-0.15, -0.1) is 0 Å². The number of hydrogen-bond donors (Lipinski definition) is 2. The molecular formula is C6H12F2N2O. The van der Waals surface area contributed by atoms with Crippen LogP contribution in [-0.2, 0) is 4.79 Å². The van der Waals surface area contributed by atoms with Gasteiger partial charge in [0, 0.05) is 6.54 Å². The van der Waals surface area contributed by atoms with Crippen LogP contribution in [-0.4, -0.2) is 25.4 Å². The van der Waals surface area contributed by atoms with Crippen molar-refractivity contribution in [3.63, 3.8) is 0 Å². The number of halogens is 2. The SMILES string of the molecule is NCCCCNC(=O)C(F)F. The molecule has 66 valence electrons. The second-order valence-corrected chi connectivity index (χ2v) is 2.09. The van der Waals surface area contributed by atoms with Crippen LogP contribution in [0.4, 0.5) is 8.78 Å². The molecule has 0 aliphatic rings. The molecule has 0 fully saturated rings. The fraction of sp³-hybridized carbons (Fsp3) is 0.833. The minimum Gasteiger partial charge on any atom is -0.351 e. The first-order valence-corrected chi connectivity index (χ1v) is 3.44. The molecular weight excluding hydrogens is 154 g/mol. The molecule has 0 aromatic carbocycles. The van der Waals surface area contributed by atoms with Crippen molar-refractivity contribution in [2.24, 2.45) is 5.73 Å². The van der Waals surface area contributed by atoms with Crippen LogP contribution in [0.25, 0.3) is 0 Å². The van der Waals surface area contributed by atoms with Gasteiger partial charge in [-0.1, -0.05) is 0 Å². The molecule has 0 spiro atoms. The Kier molecular flexibility index (Phi) is 5.64. The molecule has 0 atom stereocenters. The van der Waals surface area contributed by atoms with Crippen LogP contribution in [0, 0.1) is 0 Å². The topological polar surface area (TPSA) is 55.1 Å². The van der Waals surface area contributed by atoms with Crippen LogP contribution in [0.15, 0.2) is 0 Å². The van der Waals surface area contributed by atoms with Crippen molar-refractivity contribution in [1.29, 1.82) is 0 Å². The van der Waals surface area contributed by atoms with Crippen LogP contribution in [0.1, 0.15) is 12.8 Å². The highest BCUT2D eigenvalue weighted by Gasteiger charge is 2.12. The molecule has 0 saturated heterocycles. The lowest BCUT2D eigenvalue weighted by atomic mass is 10.3. The van der Waals surface area contributed by atoms with E-state index in [0.717, 1.165) is 6.42 Å². The maximum Gasteiger partial charge on any atom is 0.315 e. The number of carbonyl (C=O) groups is 1. The maximum absolute atomic E-state index is 11.5. The van der Waals surface area contributed by atoms with E-state index < -0.39 is 12.3 Å². The molecule has 0 aromatic rings. The maximum atomic E-state index is 11.5. The minimum absolute atomic E-state index is 0.278. The van der Waals surface area contributed by atoms with Gasteiger partial charge in [0.15, 0.2) is 0 Å². The molecule has 0 aromatic heterocycles. The first-order valence-electron chi connectivity index (χ1n) is 3.44. The lowest BCUT2D eigenvalue weighted by Crippen LogP contribution is -2.30. The highest BCUT2D eigenvalue weighted by Crippen LogP contribution is 1.91. The van der Waals surface area contributed by atoms with Crippen LogP contribution < -0.4 is 11.1 Å². The van der Waals surface area contributed by atoms with Crippen molar-refractivity contribution in [3.8, 4) is 0 Å². The molecule has 0 aliphatic heterocycles. The summed E-state index contributed by atoms with van der Waals surface area (Å²) in [5.41, 5.74) is 5.14. The highest BCUT2D eigenvalue weighted by molar-refractivity contribution is 5.78. The van der Waals surface area contributed by atoms with Crippen molar-refractivity contribution in [3.05, 3.63) is 0 Å². The Bertz CT molecular complexity index is 119. The van der Waals surface area contributed by atoms with Gasteiger partial charge >= 0.3 is 6.43 Å².